The Bertz CT molecular complexity index is 2540. The fourth-order valence-electron chi connectivity index (χ4n) is 6.67. The van der Waals surface area contributed by atoms with Crippen LogP contribution in [0.3, 0.4) is 0 Å². The van der Waals surface area contributed by atoms with Gasteiger partial charge in [0.25, 0.3) is 0 Å². The van der Waals surface area contributed by atoms with Crippen LogP contribution in [0.15, 0.2) is 158 Å². The number of hydrogen-bond acceptors (Lipinski definition) is 3. The average Bonchev–Trinajstić information content (AvgIpc) is 3.14. The Morgan fingerprint density at radius 2 is 1.04 bits per heavy atom. The molecule has 0 atom stereocenters. The van der Waals surface area contributed by atoms with Crippen molar-refractivity contribution in [2.75, 3.05) is 0 Å². The fraction of sp³-hybridized carbons (Fsp3) is 0. The maximum Gasteiger partial charge on any atom is 0.160 e. The lowest BCUT2D eigenvalue weighted by Gasteiger charge is -2.14. The summed E-state index contributed by atoms with van der Waals surface area (Å²) < 4.78 is 13.8. The molecule has 0 amide bonds. The highest BCUT2D eigenvalue weighted by Crippen LogP contribution is 2.40. The van der Waals surface area contributed by atoms with E-state index in [1.165, 1.54) is 50.0 Å². The van der Waals surface area contributed by atoms with E-state index >= 15 is 0 Å². The topological polar surface area (TPSA) is 38.7 Å². The molecule has 9 aromatic rings. The lowest BCUT2D eigenvalue weighted by atomic mass is 9.89. The van der Waals surface area contributed by atoms with Gasteiger partial charge in [-0.25, -0.2) is 14.4 Å². The van der Waals surface area contributed by atoms with Gasteiger partial charge in [-0.3, -0.25) is 4.98 Å². The normalized spacial score (nSPS) is 11.5. The fourth-order valence-corrected chi connectivity index (χ4v) is 6.67. The van der Waals surface area contributed by atoms with Crippen LogP contribution in [0.1, 0.15) is 0 Å². The second-order valence-electron chi connectivity index (χ2n) is 11.8. The van der Waals surface area contributed by atoms with Crippen molar-refractivity contribution >= 4 is 32.3 Å². The summed E-state index contributed by atoms with van der Waals surface area (Å²) in [6, 6.07) is 49.1. The third-order valence-electron chi connectivity index (χ3n) is 9.00. The number of aromatic nitrogens is 3. The molecule has 7 aromatic carbocycles. The molecule has 4 heteroatoms. The first-order valence-corrected chi connectivity index (χ1v) is 15.6. The van der Waals surface area contributed by atoms with Crippen molar-refractivity contribution < 1.29 is 4.39 Å². The van der Waals surface area contributed by atoms with E-state index in [1.807, 2.05) is 30.5 Å². The molecule has 0 saturated heterocycles. The van der Waals surface area contributed by atoms with Gasteiger partial charge in [0, 0.05) is 34.6 Å². The quantitative estimate of drug-likeness (QED) is 0.184. The molecule has 9 rings (SSSR count). The first kappa shape index (κ1) is 27.1. The number of pyridine rings is 1. The van der Waals surface area contributed by atoms with Crippen LogP contribution in [-0.4, -0.2) is 15.0 Å². The number of benzene rings is 7. The van der Waals surface area contributed by atoms with E-state index in [0.717, 1.165) is 44.8 Å². The van der Waals surface area contributed by atoms with Crippen LogP contribution in [0.2, 0.25) is 0 Å². The Kier molecular flexibility index (Phi) is 6.32. The van der Waals surface area contributed by atoms with Crippen molar-refractivity contribution in [3.05, 3.63) is 164 Å². The second-order valence-corrected chi connectivity index (χ2v) is 11.8. The Morgan fingerprint density at radius 3 is 1.81 bits per heavy atom. The van der Waals surface area contributed by atoms with Gasteiger partial charge in [-0.2, -0.15) is 0 Å². The minimum absolute atomic E-state index is 0.295. The molecule has 3 nitrogen and oxygen atoms in total. The summed E-state index contributed by atoms with van der Waals surface area (Å²) in [4.78, 5) is 14.2. The number of rotatable bonds is 5. The zero-order valence-electron chi connectivity index (χ0n) is 25.2. The van der Waals surface area contributed by atoms with E-state index in [1.54, 1.807) is 18.3 Å². The highest BCUT2D eigenvalue weighted by Gasteiger charge is 2.14. The molecule has 0 aliphatic heterocycles. The third-order valence-corrected chi connectivity index (χ3v) is 9.00. The molecule has 2 aromatic heterocycles. The van der Waals surface area contributed by atoms with Crippen LogP contribution in [-0.2, 0) is 0 Å². The summed E-state index contributed by atoms with van der Waals surface area (Å²) in [6.07, 6.45) is 3.63. The first-order valence-electron chi connectivity index (χ1n) is 15.6. The third kappa shape index (κ3) is 4.79. The molecule has 0 aliphatic carbocycles. The van der Waals surface area contributed by atoms with Gasteiger partial charge in [0.2, 0.25) is 0 Å². The molecule has 0 saturated carbocycles. The monoisotopic (exact) mass is 603 g/mol. The van der Waals surface area contributed by atoms with Gasteiger partial charge in [0.05, 0.1) is 11.4 Å². The van der Waals surface area contributed by atoms with Crippen molar-refractivity contribution in [3.63, 3.8) is 0 Å². The predicted octanol–water partition coefficient (Wildman–Crippen LogP) is 11.2. The Hall–Kier alpha value is -6.26. The van der Waals surface area contributed by atoms with Crippen molar-refractivity contribution in [2.45, 2.75) is 0 Å². The molecule has 0 aliphatic rings. The van der Waals surface area contributed by atoms with Crippen LogP contribution in [0.4, 0.5) is 4.39 Å². The van der Waals surface area contributed by atoms with Gasteiger partial charge >= 0.3 is 0 Å². The van der Waals surface area contributed by atoms with Gasteiger partial charge in [0.15, 0.2) is 5.82 Å². The lowest BCUT2D eigenvalue weighted by Crippen LogP contribution is -1.96. The molecular formula is C43H26FN3. The van der Waals surface area contributed by atoms with Gasteiger partial charge in [-0.05, 0) is 91.5 Å². The molecule has 0 spiro atoms. The smallest absolute Gasteiger partial charge is 0.160 e. The van der Waals surface area contributed by atoms with E-state index in [-0.39, 0.29) is 5.82 Å². The van der Waals surface area contributed by atoms with Crippen molar-refractivity contribution in [1.29, 1.82) is 0 Å². The van der Waals surface area contributed by atoms with Crippen LogP contribution in [0.5, 0.6) is 0 Å². The number of hydrogen-bond donors (Lipinski definition) is 0. The Labute approximate surface area is 271 Å². The van der Waals surface area contributed by atoms with Crippen LogP contribution in [0.25, 0.3) is 88.5 Å². The van der Waals surface area contributed by atoms with E-state index in [4.69, 9.17) is 9.97 Å². The minimum Gasteiger partial charge on any atom is -0.264 e. The molecule has 0 fully saturated rings. The van der Waals surface area contributed by atoms with Gasteiger partial charge in [0.1, 0.15) is 5.82 Å². The van der Waals surface area contributed by atoms with Crippen molar-refractivity contribution in [3.8, 4) is 56.2 Å². The Morgan fingerprint density at radius 1 is 0.426 bits per heavy atom. The lowest BCUT2D eigenvalue weighted by molar-refractivity contribution is 0.628. The van der Waals surface area contributed by atoms with E-state index in [9.17, 15) is 4.39 Å². The van der Waals surface area contributed by atoms with Crippen LogP contribution in [0, 0.1) is 5.82 Å². The molecule has 0 bridgehead atoms. The van der Waals surface area contributed by atoms with Crippen molar-refractivity contribution in [2.24, 2.45) is 0 Å². The number of halogens is 1. The standard InChI is InChI=1S/C43H26FN3/c44-36-19-15-32(16-20-36)43-46-39(25-40(47-43)34-7-2-6-33(24-34)35-8-3-23-45-26-35)28-11-9-27(10-12-28)37-21-17-31-14-13-29-4-1-5-30-18-22-38(37)42(31)41(29)30/h1-26H. The van der Waals surface area contributed by atoms with Gasteiger partial charge < -0.3 is 0 Å². The summed E-state index contributed by atoms with van der Waals surface area (Å²) in [5.41, 5.74) is 8.70. The number of nitrogens with zero attached hydrogens (tertiary/aromatic N) is 3. The van der Waals surface area contributed by atoms with Gasteiger partial charge in [-0.1, -0.05) is 103 Å². The molecular weight excluding hydrogens is 577 g/mol. The zero-order chi connectivity index (χ0) is 31.3. The highest BCUT2D eigenvalue weighted by molar-refractivity contribution is 6.25. The van der Waals surface area contributed by atoms with Crippen LogP contribution < -0.4 is 0 Å². The van der Waals surface area contributed by atoms with Gasteiger partial charge in [-0.15, -0.1) is 0 Å². The summed E-state index contributed by atoms with van der Waals surface area (Å²) in [5, 5.41) is 7.64. The molecule has 0 N–H and O–H groups in total. The zero-order valence-corrected chi connectivity index (χ0v) is 25.2. The summed E-state index contributed by atoms with van der Waals surface area (Å²) >= 11 is 0. The highest BCUT2D eigenvalue weighted by atomic mass is 19.1. The summed E-state index contributed by atoms with van der Waals surface area (Å²) in [7, 11) is 0. The molecule has 0 unspecified atom stereocenters. The first-order chi connectivity index (χ1) is 23.2. The largest absolute Gasteiger partial charge is 0.264 e. The minimum atomic E-state index is -0.295. The van der Waals surface area contributed by atoms with Crippen LogP contribution >= 0.6 is 0 Å². The SMILES string of the molecule is Fc1ccc(-c2nc(-c3ccc(-c4ccc5ccc6cccc7ccc4c5c67)cc3)cc(-c3cccc(-c4cccnc4)c3)n2)cc1. The maximum atomic E-state index is 13.8. The molecule has 47 heavy (non-hydrogen) atoms. The Balaban J connectivity index is 1.16. The predicted molar refractivity (Wildman–Crippen MR) is 191 cm³/mol. The summed E-state index contributed by atoms with van der Waals surface area (Å²) in [5.74, 6) is 0.247. The molecule has 220 valence electrons. The van der Waals surface area contributed by atoms with E-state index < -0.39 is 0 Å². The van der Waals surface area contributed by atoms with E-state index in [2.05, 4.69) is 102 Å². The molecule has 2 heterocycles. The summed E-state index contributed by atoms with van der Waals surface area (Å²) in [6.45, 7) is 0. The maximum absolute atomic E-state index is 13.8. The van der Waals surface area contributed by atoms with E-state index in [0.29, 0.717) is 5.82 Å². The second kappa shape index (κ2) is 11.0. The van der Waals surface area contributed by atoms with Crippen molar-refractivity contribution in [1.82, 2.24) is 15.0 Å². The average molecular weight is 604 g/mol. The molecule has 0 radical (unpaired) electrons.